The lowest BCUT2D eigenvalue weighted by atomic mass is 9.85. The summed E-state index contributed by atoms with van der Waals surface area (Å²) in [6, 6.07) is 21.2. The molecule has 8 nitrogen and oxygen atoms in total. The smallest absolute Gasteiger partial charge is 0.332 e. The number of amides is 3. The van der Waals surface area contributed by atoms with Crippen LogP contribution in [-0.4, -0.2) is 67.1 Å². The molecule has 3 heterocycles. The van der Waals surface area contributed by atoms with Gasteiger partial charge in [0.25, 0.3) is 5.91 Å². The zero-order valence-corrected chi connectivity index (χ0v) is 25.4. The molecule has 0 saturated carbocycles. The standard InChI is InChI=1S/C34H36ClN5O3/c1-3-39-33(42)40(30-14-11-25(21-29(30)35)28-8-6-7-26(22-36)31(28)43-2)32(41)34(39)15-19-37(20-16-34)23-24-9-12-27(13-10-24)38-17-4-5-18-38/h6-14,21H,3-5,15-20,23H2,1-2H3. The number of halogens is 1. The van der Waals surface area contributed by atoms with E-state index in [2.05, 4.69) is 40.1 Å². The van der Waals surface area contributed by atoms with E-state index < -0.39 is 5.54 Å². The average Bonchev–Trinajstić information content (AvgIpc) is 3.64. The van der Waals surface area contributed by atoms with E-state index in [1.54, 1.807) is 35.2 Å². The summed E-state index contributed by atoms with van der Waals surface area (Å²) in [4.78, 5) is 35.6. The van der Waals surface area contributed by atoms with E-state index in [9.17, 15) is 14.9 Å². The van der Waals surface area contributed by atoms with Crippen LogP contribution >= 0.6 is 11.6 Å². The molecular weight excluding hydrogens is 562 g/mol. The van der Waals surface area contributed by atoms with Gasteiger partial charge in [0, 0.05) is 50.5 Å². The van der Waals surface area contributed by atoms with Crippen molar-refractivity contribution in [2.75, 3.05) is 49.6 Å². The zero-order chi connectivity index (χ0) is 30.1. The Kier molecular flexibility index (Phi) is 8.04. The van der Waals surface area contributed by atoms with E-state index >= 15 is 0 Å². The van der Waals surface area contributed by atoms with Crippen LogP contribution in [0.2, 0.25) is 5.02 Å². The minimum Gasteiger partial charge on any atom is -0.495 e. The Morgan fingerprint density at radius 2 is 1.70 bits per heavy atom. The van der Waals surface area contributed by atoms with Crippen LogP contribution in [0.3, 0.4) is 0 Å². The highest BCUT2D eigenvalue weighted by Gasteiger charge is 2.58. The van der Waals surface area contributed by atoms with Crippen molar-refractivity contribution < 1.29 is 14.3 Å². The number of anilines is 2. The summed E-state index contributed by atoms with van der Waals surface area (Å²) in [7, 11) is 1.52. The molecule has 3 aliphatic rings. The highest BCUT2D eigenvalue weighted by Crippen LogP contribution is 2.43. The molecule has 222 valence electrons. The van der Waals surface area contributed by atoms with Crippen molar-refractivity contribution in [1.29, 1.82) is 5.26 Å². The topological polar surface area (TPSA) is 80.1 Å². The maximum absolute atomic E-state index is 14.1. The first-order valence-electron chi connectivity index (χ1n) is 15.0. The Labute approximate surface area is 258 Å². The number of nitrogens with zero attached hydrogens (tertiary/aromatic N) is 5. The van der Waals surface area contributed by atoms with Crippen molar-refractivity contribution in [2.24, 2.45) is 0 Å². The SMILES string of the molecule is CCN1C(=O)N(c2ccc(-c3cccc(C#N)c3OC)cc2Cl)C(=O)C12CCN(Cc1ccc(N3CCCC3)cc1)CC2. The van der Waals surface area contributed by atoms with E-state index in [0.29, 0.717) is 42.0 Å². The van der Waals surface area contributed by atoms with Crippen molar-refractivity contribution in [3.05, 3.63) is 76.8 Å². The van der Waals surface area contributed by atoms with Crippen molar-refractivity contribution in [3.8, 4) is 22.9 Å². The van der Waals surface area contributed by atoms with Gasteiger partial charge in [0.15, 0.2) is 0 Å². The van der Waals surface area contributed by atoms with Crippen LogP contribution < -0.4 is 14.5 Å². The fourth-order valence-corrected chi connectivity index (χ4v) is 7.17. The first kappa shape index (κ1) is 29.0. The molecule has 0 atom stereocenters. The highest BCUT2D eigenvalue weighted by atomic mass is 35.5. The lowest BCUT2D eigenvalue weighted by Gasteiger charge is -2.41. The van der Waals surface area contributed by atoms with Gasteiger partial charge in [-0.1, -0.05) is 41.9 Å². The van der Waals surface area contributed by atoms with Crippen molar-refractivity contribution in [1.82, 2.24) is 9.80 Å². The maximum atomic E-state index is 14.1. The van der Waals surface area contributed by atoms with Crippen LogP contribution in [0.15, 0.2) is 60.7 Å². The monoisotopic (exact) mass is 597 g/mol. The number of para-hydroxylation sites is 1. The molecule has 3 saturated heterocycles. The molecule has 0 unspecified atom stereocenters. The number of nitriles is 1. The number of ether oxygens (including phenoxy) is 1. The van der Waals surface area contributed by atoms with Gasteiger partial charge < -0.3 is 14.5 Å². The molecule has 0 N–H and O–H groups in total. The molecule has 3 aromatic rings. The molecule has 0 aromatic heterocycles. The molecule has 43 heavy (non-hydrogen) atoms. The summed E-state index contributed by atoms with van der Waals surface area (Å²) in [6.07, 6.45) is 3.66. The van der Waals surface area contributed by atoms with Crippen molar-refractivity contribution in [2.45, 2.75) is 44.7 Å². The fourth-order valence-electron chi connectivity index (χ4n) is 6.90. The number of carbonyl (C=O) groups is 2. The predicted molar refractivity (Wildman–Crippen MR) is 169 cm³/mol. The van der Waals surface area contributed by atoms with Crippen LogP contribution in [0.5, 0.6) is 5.75 Å². The van der Waals surface area contributed by atoms with Crippen LogP contribution in [0.4, 0.5) is 16.2 Å². The number of likely N-dealkylation sites (tertiary alicyclic amines) is 1. The number of hydrogen-bond donors (Lipinski definition) is 0. The summed E-state index contributed by atoms with van der Waals surface area (Å²) >= 11 is 6.76. The Bertz CT molecular complexity index is 1570. The number of benzene rings is 3. The molecule has 0 aliphatic carbocycles. The number of urea groups is 1. The minimum atomic E-state index is -0.881. The third kappa shape index (κ3) is 5.11. The van der Waals surface area contributed by atoms with Gasteiger partial charge in [-0.3, -0.25) is 9.69 Å². The summed E-state index contributed by atoms with van der Waals surface area (Å²) in [5, 5.41) is 9.76. The second-order valence-corrected chi connectivity index (χ2v) is 11.9. The summed E-state index contributed by atoms with van der Waals surface area (Å²) < 4.78 is 5.51. The number of methoxy groups -OCH3 is 1. The van der Waals surface area contributed by atoms with E-state index in [-0.39, 0.29) is 17.0 Å². The fraction of sp³-hybridized carbons (Fsp3) is 0.382. The number of likely N-dealkylation sites (N-methyl/N-ethyl adjacent to an activating group) is 1. The average molecular weight is 598 g/mol. The van der Waals surface area contributed by atoms with Gasteiger partial charge in [-0.05, 0) is 74.1 Å². The number of rotatable bonds is 7. The first-order chi connectivity index (χ1) is 20.9. The van der Waals surface area contributed by atoms with Gasteiger partial charge >= 0.3 is 6.03 Å². The lowest BCUT2D eigenvalue weighted by Crippen LogP contribution is -2.56. The largest absolute Gasteiger partial charge is 0.495 e. The number of hydrogen-bond acceptors (Lipinski definition) is 6. The van der Waals surface area contributed by atoms with Gasteiger partial charge in [-0.25, -0.2) is 9.69 Å². The Morgan fingerprint density at radius 1 is 0.977 bits per heavy atom. The Hall–Kier alpha value is -4.06. The van der Waals surface area contributed by atoms with Crippen LogP contribution in [0.1, 0.15) is 43.7 Å². The van der Waals surface area contributed by atoms with Crippen LogP contribution in [0, 0.1) is 11.3 Å². The van der Waals surface area contributed by atoms with Crippen LogP contribution in [0.25, 0.3) is 11.1 Å². The third-order valence-corrected chi connectivity index (χ3v) is 9.50. The van der Waals surface area contributed by atoms with Gasteiger partial charge in [0.1, 0.15) is 17.4 Å². The lowest BCUT2D eigenvalue weighted by molar-refractivity contribution is -0.127. The van der Waals surface area contributed by atoms with Gasteiger partial charge in [0.2, 0.25) is 0 Å². The Morgan fingerprint density at radius 3 is 2.33 bits per heavy atom. The molecule has 3 amide bonds. The Balaban J connectivity index is 1.19. The number of piperidine rings is 1. The van der Waals surface area contributed by atoms with E-state index in [1.165, 1.54) is 36.1 Å². The quantitative estimate of drug-likeness (QED) is 0.297. The van der Waals surface area contributed by atoms with E-state index in [0.717, 1.165) is 38.3 Å². The number of carbonyl (C=O) groups excluding carboxylic acids is 2. The van der Waals surface area contributed by atoms with Gasteiger partial charge in [0.05, 0.1) is 23.4 Å². The van der Waals surface area contributed by atoms with E-state index in [4.69, 9.17) is 16.3 Å². The second-order valence-electron chi connectivity index (χ2n) is 11.5. The molecule has 3 fully saturated rings. The van der Waals surface area contributed by atoms with Gasteiger partial charge in [-0.15, -0.1) is 0 Å². The predicted octanol–water partition coefficient (Wildman–Crippen LogP) is 6.31. The van der Waals surface area contributed by atoms with Crippen molar-refractivity contribution >= 4 is 34.9 Å². The summed E-state index contributed by atoms with van der Waals surface area (Å²) in [5.74, 6) is 0.236. The molecule has 3 aromatic carbocycles. The normalized spacial score (nSPS) is 18.5. The number of imide groups is 1. The molecule has 1 spiro atoms. The molecule has 9 heteroatoms. The second kappa shape index (κ2) is 11.9. The minimum absolute atomic E-state index is 0.215. The zero-order valence-electron chi connectivity index (χ0n) is 24.7. The molecule has 0 radical (unpaired) electrons. The molecule has 6 rings (SSSR count). The van der Waals surface area contributed by atoms with E-state index in [1.807, 2.05) is 13.0 Å². The first-order valence-corrected chi connectivity index (χ1v) is 15.4. The van der Waals surface area contributed by atoms with Crippen molar-refractivity contribution in [3.63, 3.8) is 0 Å². The highest BCUT2D eigenvalue weighted by molar-refractivity contribution is 6.36. The molecular formula is C34H36ClN5O3. The summed E-state index contributed by atoms with van der Waals surface area (Å²) in [5.41, 5.74) is 3.88. The van der Waals surface area contributed by atoms with Gasteiger partial charge in [-0.2, -0.15) is 5.26 Å². The maximum Gasteiger partial charge on any atom is 0.332 e. The third-order valence-electron chi connectivity index (χ3n) is 9.19. The molecule has 0 bridgehead atoms. The van der Waals surface area contributed by atoms with Crippen LogP contribution in [-0.2, 0) is 11.3 Å². The summed E-state index contributed by atoms with van der Waals surface area (Å²) in [6.45, 7) is 6.88. The molecule has 3 aliphatic heterocycles.